The predicted molar refractivity (Wildman–Crippen MR) is 86.3 cm³/mol. The molecule has 1 N–H and O–H groups in total. The molecule has 1 saturated carbocycles. The lowest BCUT2D eigenvalue weighted by molar-refractivity contribution is 0.118. The molecular formula is C17H30N4. The second-order valence-corrected chi connectivity index (χ2v) is 6.91. The number of hydrogen-bond donors (Lipinski definition) is 1. The molecule has 2 fully saturated rings. The summed E-state index contributed by atoms with van der Waals surface area (Å²) in [6.07, 6.45) is 10.1. The Hall–Kier alpha value is -0.870. The van der Waals surface area contributed by atoms with Crippen LogP contribution in [-0.2, 0) is 6.54 Å². The second kappa shape index (κ2) is 6.93. The van der Waals surface area contributed by atoms with Crippen molar-refractivity contribution in [2.45, 2.75) is 77.0 Å². The van der Waals surface area contributed by atoms with Crippen LogP contribution in [-0.4, -0.2) is 39.9 Å². The van der Waals surface area contributed by atoms with Gasteiger partial charge in [0.1, 0.15) is 0 Å². The van der Waals surface area contributed by atoms with Crippen LogP contribution in [0.25, 0.3) is 0 Å². The minimum Gasteiger partial charge on any atom is -0.311 e. The van der Waals surface area contributed by atoms with E-state index in [0.717, 1.165) is 19.6 Å². The van der Waals surface area contributed by atoms with Crippen molar-refractivity contribution in [1.29, 1.82) is 0 Å². The molecule has 21 heavy (non-hydrogen) atoms. The van der Waals surface area contributed by atoms with Crippen molar-refractivity contribution in [3.05, 3.63) is 18.0 Å². The summed E-state index contributed by atoms with van der Waals surface area (Å²) < 4.78 is 2.22. The van der Waals surface area contributed by atoms with Gasteiger partial charge in [0.25, 0.3) is 0 Å². The normalized spacial score (nSPS) is 28.3. The van der Waals surface area contributed by atoms with Crippen LogP contribution in [0.3, 0.4) is 0 Å². The van der Waals surface area contributed by atoms with Gasteiger partial charge in [-0.25, -0.2) is 0 Å². The smallest absolute Gasteiger partial charge is 0.0765 e. The van der Waals surface area contributed by atoms with Crippen LogP contribution in [0.2, 0.25) is 0 Å². The van der Waals surface area contributed by atoms with Crippen LogP contribution in [0.4, 0.5) is 0 Å². The first kappa shape index (κ1) is 15.0. The van der Waals surface area contributed by atoms with E-state index in [4.69, 9.17) is 5.10 Å². The Balaban J connectivity index is 1.63. The van der Waals surface area contributed by atoms with Crippen molar-refractivity contribution in [2.24, 2.45) is 0 Å². The molecule has 0 amide bonds. The molecule has 2 heterocycles. The first-order chi connectivity index (χ1) is 10.3. The monoisotopic (exact) mass is 290 g/mol. The lowest BCUT2D eigenvalue weighted by Crippen LogP contribution is -2.54. The summed E-state index contributed by atoms with van der Waals surface area (Å²) in [5.41, 5.74) is 1.25. The number of rotatable bonds is 5. The van der Waals surface area contributed by atoms with Gasteiger partial charge < -0.3 is 5.32 Å². The number of nitrogens with zero attached hydrogens (tertiary/aromatic N) is 3. The van der Waals surface area contributed by atoms with Gasteiger partial charge in [0.2, 0.25) is 0 Å². The molecule has 1 aromatic heterocycles. The third kappa shape index (κ3) is 3.67. The lowest BCUT2D eigenvalue weighted by Gasteiger charge is -2.39. The van der Waals surface area contributed by atoms with Gasteiger partial charge in [-0.1, -0.05) is 26.2 Å². The summed E-state index contributed by atoms with van der Waals surface area (Å²) in [6, 6.07) is 4.15. The van der Waals surface area contributed by atoms with Gasteiger partial charge in [-0.15, -0.1) is 0 Å². The Kier molecular flexibility index (Phi) is 4.96. The fourth-order valence-corrected chi connectivity index (χ4v) is 3.89. The average molecular weight is 290 g/mol. The van der Waals surface area contributed by atoms with E-state index in [-0.39, 0.29) is 0 Å². The highest BCUT2D eigenvalue weighted by molar-refractivity contribution is 5.02. The van der Waals surface area contributed by atoms with E-state index in [0.29, 0.717) is 18.1 Å². The van der Waals surface area contributed by atoms with Gasteiger partial charge in [0.15, 0.2) is 0 Å². The molecule has 1 aromatic rings. The van der Waals surface area contributed by atoms with Crippen LogP contribution >= 0.6 is 0 Å². The Bertz CT molecular complexity index is 436. The van der Waals surface area contributed by atoms with Crippen LogP contribution in [0.15, 0.2) is 12.3 Å². The van der Waals surface area contributed by atoms with E-state index >= 15 is 0 Å². The van der Waals surface area contributed by atoms with Crippen LogP contribution < -0.4 is 5.32 Å². The van der Waals surface area contributed by atoms with Crippen molar-refractivity contribution < 1.29 is 0 Å². The van der Waals surface area contributed by atoms with E-state index in [2.05, 4.69) is 41.0 Å². The van der Waals surface area contributed by atoms with Crippen molar-refractivity contribution in [2.75, 3.05) is 13.1 Å². The average Bonchev–Trinajstić information content (AvgIpc) is 3.12. The van der Waals surface area contributed by atoms with Gasteiger partial charge >= 0.3 is 0 Å². The third-order valence-electron chi connectivity index (χ3n) is 5.08. The molecule has 3 rings (SSSR count). The fourth-order valence-electron chi connectivity index (χ4n) is 3.89. The van der Waals surface area contributed by atoms with Crippen LogP contribution in [0, 0.1) is 0 Å². The zero-order chi connectivity index (χ0) is 14.7. The molecule has 0 bridgehead atoms. The van der Waals surface area contributed by atoms with Crippen molar-refractivity contribution in [1.82, 2.24) is 20.0 Å². The number of aromatic nitrogens is 2. The van der Waals surface area contributed by atoms with E-state index in [1.54, 1.807) is 0 Å². The summed E-state index contributed by atoms with van der Waals surface area (Å²) in [4.78, 5) is 2.63. The van der Waals surface area contributed by atoms with Crippen molar-refractivity contribution in [3.8, 4) is 0 Å². The number of piperazine rings is 1. The molecule has 4 heteroatoms. The molecule has 0 spiro atoms. The molecule has 2 atom stereocenters. The fraction of sp³-hybridized carbons (Fsp3) is 0.824. The largest absolute Gasteiger partial charge is 0.311 e. The molecule has 0 aromatic carbocycles. The van der Waals surface area contributed by atoms with E-state index in [1.807, 2.05) is 0 Å². The Morgan fingerprint density at radius 1 is 1.33 bits per heavy atom. The van der Waals surface area contributed by atoms with E-state index < -0.39 is 0 Å². The molecule has 2 unspecified atom stereocenters. The summed E-state index contributed by atoms with van der Waals surface area (Å²) >= 11 is 0. The molecule has 4 nitrogen and oxygen atoms in total. The lowest BCUT2D eigenvalue weighted by atomic mass is 10.1. The SMILES string of the molecule is CCCC1CNC(C)CN1Cc1ccn(C2CCCC2)n1. The molecule has 1 aliphatic heterocycles. The van der Waals surface area contributed by atoms with Crippen LogP contribution in [0.5, 0.6) is 0 Å². The Morgan fingerprint density at radius 3 is 2.90 bits per heavy atom. The summed E-state index contributed by atoms with van der Waals surface area (Å²) in [6.45, 7) is 7.84. The zero-order valence-corrected chi connectivity index (χ0v) is 13.6. The summed E-state index contributed by atoms with van der Waals surface area (Å²) in [5, 5.41) is 8.48. The Morgan fingerprint density at radius 2 is 2.14 bits per heavy atom. The summed E-state index contributed by atoms with van der Waals surface area (Å²) in [5.74, 6) is 0. The molecule has 0 radical (unpaired) electrons. The highest BCUT2D eigenvalue weighted by Crippen LogP contribution is 2.29. The highest BCUT2D eigenvalue weighted by atomic mass is 15.3. The second-order valence-electron chi connectivity index (χ2n) is 6.91. The number of nitrogens with one attached hydrogen (secondary N) is 1. The molecular weight excluding hydrogens is 260 g/mol. The van der Waals surface area contributed by atoms with Gasteiger partial charge in [-0.05, 0) is 32.3 Å². The van der Waals surface area contributed by atoms with Crippen molar-refractivity contribution >= 4 is 0 Å². The van der Waals surface area contributed by atoms with Crippen molar-refractivity contribution in [3.63, 3.8) is 0 Å². The highest BCUT2D eigenvalue weighted by Gasteiger charge is 2.26. The van der Waals surface area contributed by atoms with Gasteiger partial charge in [-0.2, -0.15) is 5.10 Å². The predicted octanol–water partition coefficient (Wildman–Crippen LogP) is 2.96. The maximum absolute atomic E-state index is 4.86. The standard InChI is InChI=1S/C17H30N4/c1-3-6-17-11-18-14(2)12-20(17)13-15-9-10-21(19-15)16-7-4-5-8-16/h9-10,14,16-18H,3-8,11-13H2,1-2H3. The maximum Gasteiger partial charge on any atom is 0.0765 e. The first-order valence-corrected chi connectivity index (χ1v) is 8.77. The van der Waals surface area contributed by atoms with Gasteiger partial charge in [0, 0.05) is 37.9 Å². The van der Waals surface area contributed by atoms with E-state index in [1.165, 1.54) is 44.2 Å². The maximum atomic E-state index is 4.86. The molecule has 1 saturated heterocycles. The minimum atomic E-state index is 0.593. The van der Waals surface area contributed by atoms with Gasteiger partial charge in [0.05, 0.1) is 11.7 Å². The van der Waals surface area contributed by atoms with Gasteiger partial charge in [-0.3, -0.25) is 9.58 Å². The third-order valence-corrected chi connectivity index (χ3v) is 5.08. The quantitative estimate of drug-likeness (QED) is 0.905. The molecule has 118 valence electrons. The Labute approximate surface area is 128 Å². The minimum absolute atomic E-state index is 0.593. The topological polar surface area (TPSA) is 33.1 Å². The first-order valence-electron chi connectivity index (χ1n) is 8.77. The zero-order valence-electron chi connectivity index (χ0n) is 13.6. The van der Waals surface area contributed by atoms with E-state index in [9.17, 15) is 0 Å². The molecule has 1 aliphatic carbocycles. The van der Waals surface area contributed by atoms with Crippen LogP contribution in [0.1, 0.15) is 64.1 Å². The molecule has 2 aliphatic rings. The number of hydrogen-bond acceptors (Lipinski definition) is 3. The summed E-state index contributed by atoms with van der Waals surface area (Å²) in [7, 11) is 0.